The Labute approximate surface area is 136 Å². The van der Waals surface area contributed by atoms with Crippen LogP contribution in [0.3, 0.4) is 0 Å². The van der Waals surface area contributed by atoms with Crippen molar-refractivity contribution in [1.29, 1.82) is 0 Å². The number of rotatable bonds is 4. The molecule has 1 aromatic carbocycles. The highest BCUT2D eigenvalue weighted by Gasteiger charge is 2.18. The van der Waals surface area contributed by atoms with Crippen molar-refractivity contribution in [2.24, 2.45) is 0 Å². The lowest BCUT2D eigenvalue weighted by molar-refractivity contribution is 0.110. The molecule has 0 spiro atoms. The Balaban J connectivity index is 1.75. The monoisotopic (exact) mass is 316 g/mol. The normalized spacial score (nSPS) is 17.4. The largest absolute Gasteiger partial charge is 0.373 e. The number of hydrogen-bond donors (Lipinski definition) is 2. The molecule has 1 aliphatic carbocycles. The Kier molecular flexibility index (Phi) is 5.08. The van der Waals surface area contributed by atoms with Crippen LogP contribution in [-0.4, -0.2) is 16.1 Å². The van der Waals surface area contributed by atoms with E-state index in [-0.39, 0.29) is 0 Å². The SMILES string of the molecule is OC(NC1CCCCC1)c1cccc(-c2cccc(Cl)c2)n1. The van der Waals surface area contributed by atoms with E-state index in [4.69, 9.17) is 11.6 Å². The first-order valence-electron chi connectivity index (χ1n) is 7.89. The number of nitrogens with one attached hydrogen (secondary N) is 1. The topological polar surface area (TPSA) is 45.1 Å². The molecule has 1 saturated carbocycles. The lowest BCUT2D eigenvalue weighted by Gasteiger charge is -2.25. The molecule has 0 amide bonds. The lowest BCUT2D eigenvalue weighted by Crippen LogP contribution is -2.34. The maximum atomic E-state index is 10.4. The third-order valence-corrected chi connectivity index (χ3v) is 4.41. The Bertz CT molecular complexity index is 626. The van der Waals surface area contributed by atoms with Gasteiger partial charge in [0.15, 0.2) is 0 Å². The molecular formula is C18H21ClN2O. The molecular weight excluding hydrogens is 296 g/mol. The lowest BCUT2D eigenvalue weighted by atomic mass is 9.95. The molecule has 2 N–H and O–H groups in total. The zero-order valence-electron chi connectivity index (χ0n) is 12.5. The third kappa shape index (κ3) is 3.86. The molecule has 2 aromatic rings. The number of halogens is 1. The van der Waals surface area contributed by atoms with Crippen molar-refractivity contribution in [3.05, 3.63) is 53.2 Å². The van der Waals surface area contributed by atoms with Crippen molar-refractivity contribution < 1.29 is 5.11 Å². The summed E-state index contributed by atoms with van der Waals surface area (Å²) in [5.74, 6) is 0. The summed E-state index contributed by atoms with van der Waals surface area (Å²) in [6, 6.07) is 13.7. The van der Waals surface area contributed by atoms with Crippen molar-refractivity contribution in [1.82, 2.24) is 10.3 Å². The molecule has 4 heteroatoms. The first-order valence-corrected chi connectivity index (χ1v) is 8.27. The predicted molar refractivity (Wildman–Crippen MR) is 89.7 cm³/mol. The first kappa shape index (κ1) is 15.5. The van der Waals surface area contributed by atoms with Gasteiger partial charge in [-0.25, -0.2) is 4.98 Å². The molecule has 22 heavy (non-hydrogen) atoms. The summed E-state index contributed by atoms with van der Waals surface area (Å²) in [5.41, 5.74) is 2.44. The average molecular weight is 317 g/mol. The number of benzene rings is 1. The van der Waals surface area contributed by atoms with Crippen LogP contribution in [0.15, 0.2) is 42.5 Å². The smallest absolute Gasteiger partial charge is 0.148 e. The number of aliphatic hydroxyl groups is 1. The first-order chi connectivity index (χ1) is 10.7. The Morgan fingerprint density at radius 1 is 1.09 bits per heavy atom. The van der Waals surface area contributed by atoms with Gasteiger partial charge in [0.25, 0.3) is 0 Å². The van der Waals surface area contributed by atoms with Crippen LogP contribution in [0.5, 0.6) is 0 Å². The van der Waals surface area contributed by atoms with Crippen molar-refractivity contribution in [2.75, 3.05) is 0 Å². The highest BCUT2D eigenvalue weighted by molar-refractivity contribution is 6.30. The molecule has 1 aromatic heterocycles. The summed E-state index contributed by atoms with van der Waals surface area (Å²) < 4.78 is 0. The molecule has 0 radical (unpaired) electrons. The maximum absolute atomic E-state index is 10.4. The number of aliphatic hydroxyl groups excluding tert-OH is 1. The van der Waals surface area contributed by atoms with Gasteiger partial charge in [0, 0.05) is 16.6 Å². The fourth-order valence-electron chi connectivity index (χ4n) is 2.99. The van der Waals surface area contributed by atoms with E-state index in [1.54, 1.807) is 0 Å². The molecule has 3 rings (SSSR count). The van der Waals surface area contributed by atoms with Crippen LogP contribution >= 0.6 is 11.6 Å². The molecule has 0 saturated heterocycles. The van der Waals surface area contributed by atoms with Gasteiger partial charge in [0.1, 0.15) is 6.23 Å². The molecule has 1 fully saturated rings. The van der Waals surface area contributed by atoms with Crippen LogP contribution in [0.1, 0.15) is 44.0 Å². The van der Waals surface area contributed by atoms with Crippen LogP contribution < -0.4 is 5.32 Å². The highest BCUT2D eigenvalue weighted by atomic mass is 35.5. The van der Waals surface area contributed by atoms with Gasteiger partial charge in [-0.05, 0) is 37.1 Å². The number of nitrogens with zero attached hydrogens (tertiary/aromatic N) is 1. The van der Waals surface area contributed by atoms with E-state index in [9.17, 15) is 5.11 Å². The summed E-state index contributed by atoms with van der Waals surface area (Å²) in [7, 11) is 0. The Morgan fingerprint density at radius 3 is 2.64 bits per heavy atom. The summed E-state index contributed by atoms with van der Waals surface area (Å²) in [6.45, 7) is 0. The van der Waals surface area contributed by atoms with Gasteiger partial charge >= 0.3 is 0 Å². The zero-order valence-corrected chi connectivity index (χ0v) is 13.3. The van der Waals surface area contributed by atoms with E-state index in [0.29, 0.717) is 16.8 Å². The second kappa shape index (κ2) is 7.23. The van der Waals surface area contributed by atoms with Crippen molar-refractivity contribution >= 4 is 11.6 Å². The van der Waals surface area contributed by atoms with Gasteiger partial charge in [-0.2, -0.15) is 0 Å². The van der Waals surface area contributed by atoms with Gasteiger partial charge < -0.3 is 5.11 Å². The van der Waals surface area contributed by atoms with Gasteiger partial charge in [-0.1, -0.05) is 49.1 Å². The van der Waals surface area contributed by atoms with E-state index >= 15 is 0 Å². The third-order valence-electron chi connectivity index (χ3n) is 4.17. The summed E-state index contributed by atoms with van der Waals surface area (Å²) in [4.78, 5) is 4.58. The highest BCUT2D eigenvalue weighted by Crippen LogP contribution is 2.23. The van der Waals surface area contributed by atoms with E-state index in [0.717, 1.165) is 24.1 Å². The van der Waals surface area contributed by atoms with Crippen LogP contribution in [0.25, 0.3) is 11.3 Å². The van der Waals surface area contributed by atoms with Crippen LogP contribution in [0.2, 0.25) is 5.02 Å². The summed E-state index contributed by atoms with van der Waals surface area (Å²) in [5, 5.41) is 14.4. The minimum absolute atomic E-state index is 0.389. The van der Waals surface area contributed by atoms with Gasteiger partial charge in [0.05, 0.1) is 11.4 Å². The Morgan fingerprint density at radius 2 is 1.86 bits per heavy atom. The van der Waals surface area contributed by atoms with E-state index < -0.39 is 6.23 Å². The maximum Gasteiger partial charge on any atom is 0.148 e. The van der Waals surface area contributed by atoms with Crippen LogP contribution in [-0.2, 0) is 0 Å². The predicted octanol–water partition coefficient (Wildman–Crippen LogP) is 4.32. The Hall–Kier alpha value is -1.42. The van der Waals surface area contributed by atoms with E-state index in [2.05, 4.69) is 10.3 Å². The zero-order chi connectivity index (χ0) is 15.4. The van der Waals surface area contributed by atoms with Gasteiger partial charge in [-0.3, -0.25) is 5.32 Å². The fraction of sp³-hybridized carbons (Fsp3) is 0.389. The molecule has 1 heterocycles. The summed E-state index contributed by atoms with van der Waals surface area (Å²) in [6.07, 6.45) is 5.32. The van der Waals surface area contributed by atoms with Gasteiger partial charge in [-0.15, -0.1) is 0 Å². The molecule has 1 atom stereocenters. The number of hydrogen-bond acceptors (Lipinski definition) is 3. The van der Waals surface area contributed by atoms with Crippen LogP contribution in [0, 0.1) is 0 Å². The fourth-order valence-corrected chi connectivity index (χ4v) is 3.18. The molecule has 116 valence electrons. The minimum Gasteiger partial charge on any atom is -0.373 e. The minimum atomic E-state index is -0.720. The quantitative estimate of drug-likeness (QED) is 0.826. The van der Waals surface area contributed by atoms with E-state index in [1.165, 1.54) is 19.3 Å². The second-order valence-corrected chi connectivity index (χ2v) is 6.30. The molecule has 0 aliphatic heterocycles. The molecule has 3 nitrogen and oxygen atoms in total. The molecule has 1 unspecified atom stereocenters. The summed E-state index contributed by atoms with van der Waals surface area (Å²) >= 11 is 6.04. The van der Waals surface area contributed by atoms with Crippen molar-refractivity contribution in [3.63, 3.8) is 0 Å². The average Bonchev–Trinajstić information content (AvgIpc) is 2.56. The number of aromatic nitrogens is 1. The van der Waals surface area contributed by atoms with Crippen molar-refractivity contribution in [3.8, 4) is 11.3 Å². The number of pyridine rings is 1. The molecule has 1 aliphatic rings. The molecule has 0 bridgehead atoms. The standard InChI is InChI=1S/C18H21ClN2O/c19-14-7-4-6-13(12-14)16-10-5-11-17(21-16)18(22)20-15-8-2-1-3-9-15/h4-7,10-12,15,18,20,22H,1-3,8-9H2. The van der Waals surface area contributed by atoms with Gasteiger partial charge in [0.2, 0.25) is 0 Å². The van der Waals surface area contributed by atoms with Crippen molar-refractivity contribution in [2.45, 2.75) is 44.4 Å². The van der Waals surface area contributed by atoms with E-state index in [1.807, 2.05) is 42.5 Å². The van der Waals surface area contributed by atoms with Crippen LogP contribution in [0.4, 0.5) is 0 Å². The second-order valence-electron chi connectivity index (χ2n) is 5.86.